The largest absolute Gasteiger partial charge is 0.434 e. The average Bonchev–Trinajstić information content (AvgIpc) is 3.37. The van der Waals surface area contributed by atoms with E-state index in [0.29, 0.717) is 31.5 Å². The monoisotopic (exact) mass is 460 g/mol. The molecule has 172 valence electrons. The van der Waals surface area contributed by atoms with Gasteiger partial charge in [-0.3, -0.25) is 9.20 Å². The maximum atomic E-state index is 15.0. The molecule has 4 aromatic rings. The van der Waals surface area contributed by atoms with Crippen LogP contribution in [0.15, 0.2) is 42.6 Å². The summed E-state index contributed by atoms with van der Waals surface area (Å²) in [5.41, 5.74) is 5.06. The van der Waals surface area contributed by atoms with Gasteiger partial charge in [0.2, 0.25) is 5.95 Å². The third kappa shape index (κ3) is 3.77. The van der Waals surface area contributed by atoms with Crippen molar-refractivity contribution in [2.45, 2.75) is 43.9 Å². The summed E-state index contributed by atoms with van der Waals surface area (Å²) < 4.78 is 56.8. The number of hydrogen-bond donors (Lipinski definition) is 2. The molecule has 7 nitrogen and oxygen atoms in total. The number of fused-ring (bicyclic) bond motifs is 2. The number of halogens is 4. The number of imidazole rings is 1. The van der Waals surface area contributed by atoms with E-state index in [4.69, 9.17) is 5.73 Å². The Bertz CT molecular complexity index is 1350. The van der Waals surface area contributed by atoms with Crippen LogP contribution in [0, 0.1) is 5.95 Å². The van der Waals surface area contributed by atoms with Crippen molar-refractivity contribution in [1.82, 2.24) is 19.2 Å². The fourth-order valence-corrected chi connectivity index (χ4v) is 4.47. The van der Waals surface area contributed by atoms with Gasteiger partial charge in [-0.15, -0.1) is 0 Å². The van der Waals surface area contributed by atoms with Crippen LogP contribution in [0.1, 0.15) is 47.8 Å². The molecule has 3 N–H and O–H groups in total. The number of amides is 1. The number of carbonyl (C=O) groups excluding carboxylic acids is 1. The number of alkyl halides is 3. The third-order valence-electron chi connectivity index (χ3n) is 6.11. The van der Waals surface area contributed by atoms with Gasteiger partial charge in [-0.05, 0) is 49.9 Å². The van der Waals surface area contributed by atoms with Crippen LogP contribution in [0.5, 0.6) is 0 Å². The summed E-state index contributed by atoms with van der Waals surface area (Å²) in [6, 6.07) is 9.32. The first-order valence-corrected chi connectivity index (χ1v) is 10.5. The maximum Gasteiger partial charge on any atom is 0.434 e. The Morgan fingerprint density at radius 2 is 1.82 bits per heavy atom. The summed E-state index contributed by atoms with van der Waals surface area (Å²) in [4.78, 5) is 15.3. The minimum Gasteiger partial charge on any atom is -0.368 e. The van der Waals surface area contributed by atoms with Gasteiger partial charge < -0.3 is 11.1 Å². The molecule has 11 heteroatoms. The van der Waals surface area contributed by atoms with E-state index < -0.39 is 23.7 Å². The van der Waals surface area contributed by atoms with Crippen LogP contribution in [0.2, 0.25) is 0 Å². The molecule has 3 aromatic heterocycles. The van der Waals surface area contributed by atoms with Crippen LogP contribution in [0.3, 0.4) is 0 Å². The lowest BCUT2D eigenvalue weighted by Crippen LogP contribution is -2.29. The molecule has 0 unspecified atom stereocenters. The molecule has 1 fully saturated rings. The summed E-state index contributed by atoms with van der Waals surface area (Å²) in [6.07, 6.45) is -0.984. The van der Waals surface area contributed by atoms with E-state index in [0.717, 1.165) is 6.20 Å². The lowest BCUT2D eigenvalue weighted by atomic mass is 9.91. The Kier molecular flexibility index (Phi) is 4.98. The van der Waals surface area contributed by atoms with Crippen molar-refractivity contribution in [3.63, 3.8) is 0 Å². The van der Waals surface area contributed by atoms with Crippen molar-refractivity contribution in [3.8, 4) is 0 Å². The first kappa shape index (κ1) is 21.2. The van der Waals surface area contributed by atoms with Crippen LogP contribution < -0.4 is 11.1 Å². The number of nitrogens with one attached hydrogen (secondary N) is 1. The molecule has 5 rings (SSSR count). The van der Waals surface area contributed by atoms with E-state index in [1.54, 1.807) is 24.3 Å². The predicted octanol–water partition coefficient (Wildman–Crippen LogP) is 4.54. The van der Waals surface area contributed by atoms with Gasteiger partial charge in [-0.25, -0.2) is 9.67 Å². The molecule has 1 aliphatic rings. The fraction of sp³-hybridized carbons (Fsp3) is 0.318. The highest BCUT2D eigenvalue weighted by Gasteiger charge is 2.34. The first-order valence-electron chi connectivity index (χ1n) is 10.5. The zero-order valence-electron chi connectivity index (χ0n) is 17.3. The Morgan fingerprint density at radius 1 is 1.09 bits per heavy atom. The second-order valence-corrected chi connectivity index (χ2v) is 8.21. The van der Waals surface area contributed by atoms with E-state index in [-0.39, 0.29) is 34.2 Å². The summed E-state index contributed by atoms with van der Waals surface area (Å²) in [7, 11) is 0. The fourth-order valence-electron chi connectivity index (χ4n) is 4.47. The standard InChI is InChI=1S/C22H20F4N6O/c23-20-14-3-1-4-15(21(27)33)19(14)30-32(20)13-9-7-12(8-10-13)28-17-5-2-6-18-29-16(11-31(17)18)22(24,25)26/h1-6,11-13,28H,7-10H2,(H2,27,33). The minimum atomic E-state index is -4.52. The van der Waals surface area contributed by atoms with Crippen molar-refractivity contribution in [1.29, 1.82) is 0 Å². The highest BCUT2D eigenvalue weighted by Crippen LogP contribution is 2.34. The minimum absolute atomic E-state index is 0.00203. The summed E-state index contributed by atoms with van der Waals surface area (Å²) in [6.45, 7) is 0. The zero-order chi connectivity index (χ0) is 23.3. The number of nitrogens with two attached hydrogens (primary N) is 1. The Hall–Kier alpha value is -3.63. The molecule has 1 amide bonds. The van der Waals surface area contributed by atoms with Crippen LogP contribution >= 0.6 is 0 Å². The molecule has 0 radical (unpaired) electrons. The van der Waals surface area contributed by atoms with E-state index in [1.807, 2.05) is 0 Å². The van der Waals surface area contributed by atoms with Crippen LogP contribution in [0.25, 0.3) is 16.6 Å². The van der Waals surface area contributed by atoms with Gasteiger partial charge >= 0.3 is 6.18 Å². The third-order valence-corrected chi connectivity index (χ3v) is 6.11. The predicted molar refractivity (Wildman–Crippen MR) is 113 cm³/mol. The topological polar surface area (TPSA) is 90.2 Å². The number of primary amides is 1. The summed E-state index contributed by atoms with van der Waals surface area (Å²) >= 11 is 0. The number of nitrogens with zero attached hydrogens (tertiary/aromatic N) is 4. The van der Waals surface area contributed by atoms with Crippen LogP contribution in [-0.2, 0) is 6.18 Å². The van der Waals surface area contributed by atoms with Gasteiger partial charge in [0.05, 0.1) is 17.0 Å². The van der Waals surface area contributed by atoms with Crippen molar-refractivity contribution in [3.05, 3.63) is 59.8 Å². The molecular weight excluding hydrogens is 440 g/mol. The van der Waals surface area contributed by atoms with E-state index in [2.05, 4.69) is 15.4 Å². The molecule has 0 saturated heterocycles. The molecule has 3 heterocycles. The number of aromatic nitrogens is 4. The van der Waals surface area contributed by atoms with Gasteiger partial charge in [-0.1, -0.05) is 12.1 Å². The SMILES string of the molecule is NC(=O)c1cccc2c(F)n(C3CCC(Nc4cccc5nc(C(F)(F)F)cn45)CC3)nc12. The molecule has 1 aromatic carbocycles. The van der Waals surface area contributed by atoms with Gasteiger partial charge in [0.25, 0.3) is 5.91 Å². The number of benzene rings is 1. The Labute approximate surface area is 185 Å². The lowest BCUT2D eigenvalue weighted by molar-refractivity contribution is -0.140. The van der Waals surface area contributed by atoms with Gasteiger partial charge in [0, 0.05) is 12.2 Å². The zero-order valence-corrected chi connectivity index (χ0v) is 17.3. The molecule has 0 atom stereocenters. The molecule has 33 heavy (non-hydrogen) atoms. The van der Waals surface area contributed by atoms with Crippen molar-refractivity contribution >= 4 is 28.3 Å². The van der Waals surface area contributed by atoms with Crippen LogP contribution in [0.4, 0.5) is 23.4 Å². The van der Waals surface area contributed by atoms with E-state index >= 15 is 4.39 Å². The van der Waals surface area contributed by atoms with E-state index in [1.165, 1.54) is 21.2 Å². The average molecular weight is 460 g/mol. The van der Waals surface area contributed by atoms with Crippen LogP contribution in [-0.4, -0.2) is 31.1 Å². The molecule has 0 aliphatic heterocycles. The maximum absolute atomic E-state index is 15.0. The molecule has 1 aliphatic carbocycles. The molecular formula is C22H20F4N6O. The summed E-state index contributed by atoms with van der Waals surface area (Å²) in [5.74, 6) is -0.658. The first-order chi connectivity index (χ1) is 15.7. The molecule has 0 spiro atoms. The van der Waals surface area contributed by atoms with Gasteiger partial charge in [0.1, 0.15) is 17.0 Å². The number of carbonyl (C=O) groups is 1. The quantitative estimate of drug-likeness (QED) is 0.438. The van der Waals surface area contributed by atoms with E-state index in [9.17, 15) is 18.0 Å². The Morgan fingerprint density at radius 3 is 2.52 bits per heavy atom. The highest BCUT2D eigenvalue weighted by molar-refractivity contribution is 6.04. The van der Waals surface area contributed by atoms with Gasteiger partial charge in [0.15, 0.2) is 5.69 Å². The second kappa shape index (κ2) is 7.75. The van der Waals surface area contributed by atoms with Crippen molar-refractivity contribution in [2.24, 2.45) is 5.73 Å². The van der Waals surface area contributed by atoms with Crippen molar-refractivity contribution in [2.75, 3.05) is 5.32 Å². The van der Waals surface area contributed by atoms with Gasteiger partial charge in [-0.2, -0.15) is 22.7 Å². The number of anilines is 1. The highest BCUT2D eigenvalue weighted by atomic mass is 19.4. The number of rotatable bonds is 4. The number of pyridine rings is 1. The second-order valence-electron chi connectivity index (χ2n) is 8.21. The lowest BCUT2D eigenvalue weighted by Gasteiger charge is -2.30. The summed E-state index contributed by atoms with van der Waals surface area (Å²) in [5, 5.41) is 7.88. The number of hydrogen-bond acceptors (Lipinski definition) is 4. The smallest absolute Gasteiger partial charge is 0.368 e. The molecule has 1 saturated carbocycles. The Balaban J connectivity index is 1.33. The normalized spacial score (nSPS) is 19.3. The van der Waals surface area contributed by atoms with Crippen molar-refractivity contribution < 1.29 is 22.4 Å². The molecule has 0 bridgehead atoms.